The van der Waals surface area contributed by atoms with E-state index in [-0.39, 0.29) is 5.75 Å². The number of benzene rings is 2. The number of rotatable bonds is 2. The molecule has 0 spiro atoms. The lowest BCUT2D eigenvalue weighted by Crippen LogP contribution is -2.03. The maximum atomic E-state index is 9.68. The molecular formula is C13H11NO2. The van der Waals surface area contributed by atoms with Gasteiger partial charge in [0.05, 0.1) is 0 Å². The van der Waals surface area contributed by atoms with Crippen molar-refractivity contribution in [3.8, 4) is 5.75 Å². The predicted octanol–water partition coefficient (Wildman–Crippen LogP) is 2.62. The Bertz CT molecular complexity index is 506. The van der Waals surface area contributed by atoms with E-state index < -0.39 is 0 Å². The van der Waals surface area contributed by atoms with E-state index in [0.717, 1.165) is 5.56 Å². The summed E-state index contributed by atoms with van der Waals surface area (Å²) in [6, 6.07) is 16.0. The topological polar surface area (TPSA) is 52.8 Å². The highest BCUT2D eigenvalue weighted by molar-refractivity contribution is 6.14. The summed E-state index contributed by atoms with van der Waals surface area (Å²) in [6.45, 7) is 0. The van der Waals surface area contributed by atoms with Gasteiger partial charge in [-0.05, 0) is 12.1 Å². The molecule has 0 aliphatic carbocycles. The molecule has 80 valence electrons. The molecule has 0 bridgehead atoms. The maximum Gasteiger partial charge on any atom is 0.125 e. The second-order valence-corrected chi connectivity index (χ2v) is 3.33. The minimum Gasteiger partial charge on any atom is -0.507 e. The molecular weight excluding hydrogens is 202 g/mol. The van der Waals surface area contributed by atoms with Crippen LogP contribution >= 0.6 is 0 Å². The molecule has 3 nitrogen and oxygen atoms in total. The Labute approximate surface area is 93.3 Å². The van der Waals surface area contributed by atoms with Crippen LogP contribution < -0.4 is 0 Å². The van der Waals surface area contributed by atoms with E-state index in [2.05, 4.69) is 5.16 Å². The molecule has 16 heavy (non-hydrogen) atoms. The van der Waals surface area contributed by atoms with Crippen molar-refractivity contribution in [1.29, 1.82) is 0 Å². The summed E-state index contributed by atoms with van der Waals surface area (Å²) < 4.78 is 0. The van der Waals surface area contributed by atoms with Crippen molar-refractivity contribution >= 4 is 5.71 Å². The lowest BCUT2D eigenvalue weighted by molar-refractivity contribution is 0.319. The molecule has 2 rings (SSSR count). The molecule has 0 radical (unpaired) electrons. The van der Waals surface area contributed by atoms with E-state index in [0.29, 0.717) is 11.3 Å². The Morgan fingerprint density at radius 2 is 1.50 bits per heavy atom. The normalized spacial score (nSPS) is 11.4. The van der Waals surface area contributed by atoms with Crippen molar-refractivity contribution < 1.29 is 10.3 Å². The first-order chi connectivity index (χ1) is 7.83. The molecule has 0 heterocycles. The molecule has 0 atom stereocenters. The van der Waals surface area contributed by atoms with Crippen molar-refractivity contribution in [1.82, 2.24) is 0 Å². The number of nitrogens with zero attached hydrogens (tertiary/aromatic N) is 1. The van der Waals surface area contributed by atoms with Gasteiger partial charge in [-0.15, -0.1) is 0 Å². The predicted molar refractivity (Wildman–Crippen MR) is 62.0 cm³/mol. The van der Waals surface area contributed by atoms with Gasteiger partial charge >= 0.3 is 0 Å². The number of hydrogen-bond acceptors (Lipinski definition) is 3. The molecule has 0 unspecified atom stereocenters. The van der Waals surface area contributed by atoms with Crippen molar-refractivity contribution in [2.45, 2.75) is 0 Å². The molecule has 2 aromatic carbocycles. The van der Waals surface area contributed by atoms with E-state index in [1.165, 1.54) is 0 Å². The van der Waals surface area contributed by atoms with Gasteiger partial charge in [-0.2, -0.15) is 0 Å². The van der Waals surface area contributed by atoms with E-state index in [1.54, 1.807) is 24.3 Å². The average Bonchev–Trinajstić information content (AvgIpc) is 2.34. The van der Waals surface area contributed by atoms with E-state index >= 15 is 0 Å². The van der Waals surface area contributed by atoms with E-state index in [1.807, 2.05) is 30.3 Å². The number of aromatic hydroxyl groups is 1. The van der Waals surface area contributed by atoms with Crippen LogP contribution in [0.3, 0.4) is 0 Å². The summed E-state index contributed by atoms with van der Waals surface area (Å²) in [5.41, 5.74) is 1.63. The molecule has 0 fully saturated rings. The van der Waals surface area contributed by atoms with Crippen LogP contribution in [-0.4, -0.2) is 16.0 Å². The molecule has 0 saturated carbocycles. The lowest BCUT2D eigenvalue weighted by Gasteiger charge is -2.06. The van der Waals surface area contributed by atoms with Crippen molar-refractivity contribution in [3.63, 3.8) is 0 Å². The first-order valence-corrected chi connectivity index (χ1v) is 4.89. The summed E-state index contributed by atoms with van der Waals surface area (Å²) in [4.78, 5) is 0. The van der Waals surface area contributed by atoms with Crippen LogP contribution in [-0.2, 0) is 0 Å². The van der Waals surface area contributed by atoms with E-state index in [9.17, 15) is 5.11 Å². The Kier molecular flexibility index (Phi) is 2.87. The summed E-state index contributed by atoms with van der Waals surface area (Å²) in [7, 11) is 0. The molecule has 0 aliphatic rings. The smallest absolute Gasteiger partial charge is 0.125 e. The number of hydrogen-bond donors (Lipinski definition) is 2. The first kappa shape index (κ1) is 10.2. The van der Waals surface area contributed by atoms with Crippen LogP contribution in [0.2, 0.25) is 0 Å². The number of para-hydroxylation sites is 1. The van der Waals surface area contributed by atoms with Gasteiger partial charge in [-0.25, -0.2) is 0 Å². The van der Waals surface area contributed by atoms with Crippen LogP contribution in [0.25, 0.3) is 0 Å². The van der Waals surface area contributed by atoms with Crippen LogP contribution in [0.5, 0.6) is 5.75 Å². The maximum absolute atomic E-state index is 9.68. The third kappa shape index (κ3) is 1.88. The summed E-state index contributed by atoms with van der Waals surface area (Å²) in [5.74, 6) is 0.0964. The van der Waals surface area contributed by atoms with Crippen LogP contribution in [0, 0.1) is 0 Å². The van der Waals surface area contributed by atoms with Crippen molar-refractivity contribution in [3.05, 3.63) is 65.7 Å². The molecule has 0 saturated heterocycles. The van der Waals surface area contributed by atoms with Gasteiger partial charge in [0.1, 0.15) is 11.5 Å². The number of phenols is 1. The van der Waals surface area contributed by atoms with Crippen LogP contribution in [0.1, 0.15) is 11.1 Å². The summed E-state index contributed by atoms with van der Waals surface area (Å²) in [5, 5.41) is 22.0. The van der Waals surface area contributed by atoms with Crippen LogP contribution in [0.4, 0.5) is 0 Å². The van der Waals surface area contributed by atoms with Crippen molar-refractivity contribution in [2.75, 3.05) is 0 Å². The molecule has 2 N–H and O–H groups in total. The fourth-order valence-corrected chi connectivity index (χ4v) is 1.54. The number of oxime groups is 1. The zero-order valence-corrected chi connectivity index (χ0v) is 8.54. The van der Waals surface area contributed by atoms with Gasteiger partial charge < -0.3 is 10.3 Å². The summed E-state index contributed by atoms with van der Waals surface area (Å²) in [6.07, 6.45) is 0. The summed E-state index contributed by atoms with van der Waals surface area (Å²) >= 11 is 0. The zero-order valence-electron chi connectivity index (χ0n) is 8.54. The minimum atomic E-state index is 0.0964. The fourth-order valence-electron chi connectivity index (χ4n) is 1.54. The third-order valence-corrected chi connectivity index (χ3v) is 2.31. The average molecular weight is 213 g/mol. The molecule has 0 aromatic heterocycles. The zero-order chi connectivity index (χ0) is 11.4. The second-order valence-electron chi connectivity index (χ2n) is 3.33. The fraction of sp³-hybridized carbons (Fsp3) is 0. The van der Waals surface area contributed by atoms with Gasteiger partial charge in [-0.3, -0.25) is 0 Å². The standard InChI is InChI=1S/C13H11NO2/c15-12-9-5-4-8-11(12)13(14-16)10-6-2-1-3-7-10/h1-9,15-16H. The Morgan fingerprint density at radius 3 is 2.12 bits per heavy atom. The minimum absolute atomic E-state index is 0.0964. The lowest BCUT2D eigenvalue weighted by atomic mass is 10.0. The molecule has 0 aliphatic heterocycles. The Balaban J connectivity index is 2.51. The molecule has 3 heteroatoms. The second kappa shape index (κ2) is 4.49. The monoisotopic (exact) mass is 213 g/mol. The van der Waals surface area contributed by atoms with Gasteiger partial charge in [0.2, 0.25) is 0 Å². The largest absolute Gasteiger partial charge is 0.507 e. The number of phenolic OH excluding ortho intramolecular Hbond substituents is 1. The first-order valence-electron chi connectivity index (χ1n) is 4.89. The highest BCUT2D eigenvalue weighted by atomic mass is 16.4. The quantitative estimate of drug-likeness (QED) is 0.457. The molecule has 0 amide bonds. The highest BCUT2D eigenvalue weighted by Gasteiger charge is 2.10. The van der Waals surface area contributed by atoms with Gasteiger partial charge in [0.15, 0.2) is 0 Å². The van der Waals surface area contributed by atoms with Crippen molar-refractivity contribution in [2.24, 2.45) is 5.16 Å². The van der Waals surface area contributed by atoms with Crippen LogP contribution in [0.15, 0.2) is 59.8 Å². The highest BCUT2D eigenvalue weighted by Crippen LogP contribution is 2.20. The van der Waals surface area contributed by atoms with E-state index in [4.69, 9.17) is 5.21 Å². The Hall–Kier alpha value is -2.29. The van der Waals surface area contributed by atoms with Gasteiger partial charge in [0.25, 0.3) is 0 Å². The Morgan fingerprint density at radius 1 is 0.875 bits per heavy atom. The van der Waals surface area contributed by atoms with Gasteiger partial charge in [-0.1, -0.05) is 47.6 Å². The third-order valence-electron chi connectivity index (χ3n) is 2.31. The molecule has 2 aromatic rings. The SMILES string of the molecule is ON=C(c1ccccc1)c1ccccc1O. The van der Waals surface area contributed by atoms with Gasteiger partial charge in [0, 0.05) is 11.1 Å².